The molecular weight excluding hydrogens is 684 g/mol. The van der Waals surface area contributed by atoms with Gasteiger partial charge in [0, 0.05) is 37.7 Å². The Morgan fingerprint density at radius 1 is 0.852 bits per heavy atom. The third-order valence-corrected chi connectivity index (χ3v) is 10.7. The van der Waals surface area contributed by atoms with Crippen LogP contribution in [0.5, 0.6) is 0 Å². The molecule has 1 saturated carbocycles. The lowest BCUT2D eigenvalue weighted by Crippen LogP contribution is -2.57. The Morgan fingerprint density at radius 3 is 2.13 bits per heavy atom. The Bertz CT molecular complexity index is 1550. The van der Waals surface area contributed by atoms with Crippen LogP contribution < -0.4 is 21.3 Å². The zero-order valence-electron chi connectivity index (χ0n) is 31.8. The molecule has 1 heterocycles. The first-order valence-corrected chi connectivity index (χ1v) is 19.7. The molecule has 12 heteroatoms. The molecule has 7 N–H and O–H groups in total. The smallest absolute Gasteiger partial charge is 0.405 e. The van der Waals surface area contributed by atoms with Crippen molar-refractivity contribution in [2.45, 2.75) is 122 Å². The molecule has 0 saturated heterocycles. The van der Waals surface area contributed by atoms with Crippen molar-refractivity contribution >= 4 is 23.8 Å². The Labute approximate surface area is 319 Å². The van der Waals surface area contributed by atoms with E-state index in [2.05, 4.69) is 45.1 Å². The molecule has 3 aromatic rings. The zero-order valence-corrected chi connectivity index (χ0v) is 31.8. The number of nitrogens with zero attached hydrogens (tertiary/aromatic N) is 1. The summed E-state index contributed by atoms with van der Waals surface area (Å²) in [4.78, 5) is 59.2. The number of carbonyl (C=O) groups excluding carboxylic acids is 3. The van der Waals surface area contributed by atoms with Gasteiger partial charge in [0.1, 0.15) is 12.1 Å². The number of aromatic amines is 1. The number of aliphatic hydroxyl groups is 1. The van der Waals surface area contributed by atoms with Crippen molar-refractivity contribution in [2.24, 2.45) is 17.8 Å². The molecule has 0 unspecified atom stereocenters. The van der Waals surface area contributed by atoms with Gasteiger partial charge in [-0.15, -0.1) is 0 Å². The van der Waals surface area contributed by atoms with Crippen LogP contribution in [-0.2, 0) is 33.6 Å². The summed E-state index contributed by atoms with van der Waals surface area (Å²) >= 11 is 0. The molecular formula is C42H60N6O6. The van der Waals surface area contributed by atoms with Crippen molar-refractivity contribution < 1.29 is 29.4 Å². The first-order valence-electron chi connectivity index (χ1n) is 19.7. The van der Waals surface area contributed by atoms with E-state index in [1.165, 1.54) is 18.3 Å². The lowest BCUT2D eigenvalue weighted by Gasteiger charge is -2.34. The van der Waals surface area contributed by atoms with E-state index >= 15 is 0 Å². The maximum absolute atomic E-state index is 14.2. The fourth-order valence-electron chi connectivity index (χ4n) is 7.49. The minimum absolute atomic E-state index is 0.0198. The molecule has 0 aliphatic heterocycles. The number of amides is 4. The molecule has 5 atom stereocenters. The third kappa shape index (κ3) is 15.0. The quantitative estimate of drug-likeness (QED) is 0.0726. The number of imidazole rings is 1. The highest BCUT2D eigenvalue weighted by Crippen LogP contribution is 2.31. The molecule has 0 spiro atoms. The van der Waals surface area contributed by atoms with E-state index in [0.717, 1.165) is 44.1 Å². The maximum Gasteiger partial charge on any atom is 0.405 e. The third-order valence-electron chi connectivity index (χ3n) is 10.7. The number of hydrogen-bond acceptors (Lipinski definition) is 6. The molecule has 1 aliphatic rings. The number of nitrogens with one attached hydrogen (secondary N) is 5. The average molecular weight is 745 g/mol. The minimum atomic E-state index is -1.35. The van der Waals surface area contributed by atoms with Crippen LogP contribution in [0.15, 0.2) is 73.2 Å². The summed E-state index contributed by atoms with van der Waals surface area (Å²) in [5.74, 6) is -0.335. The van der Waals surface area contributed by atoms with Gasteiger partial charge in [0.15, 0.2) is 0 Å². The highest BCUT2D eigenvalue weighted by molar-refractivity contribution is 5.91. The topological polar surface area (TPSA) is 186 Å². The molecule has 2 aromatic carbocycles. The van der Waals surface area contributed by atoms with Gasteiger partial charge in [-0.2, -0.15) is 0 Å². The molecule has 0 bridgehead atoms. The van der Waals surface area contributed by atoms with E-state index < -0.39 is 42.1 Å². The second-order valence-electron chi connectivity index (χ2n) is 15.2. The van der Waals surface area contributed by atoms with Gasteiger partial charge in [0.2, 0.25) is 17.7 Å². The van der Waals surface area contributed by atoms with E-state index in [-0.39, 0.29) is 30.6 Å². The SMILES string of the molecule is CC(C)[C@@H](CCCC(=O)NCCc1ccccc1)C[C@@H](O)[C@H](CC1CCCCC1)NC(=O)[C@H](Cc1cnc[nH]1)NC(=O)[C@H](Cc1ccccc1)NC(=O)O. The van der Waals surface area contributed by atoms with Gasteiger partial charge in [-0.1, -0.05) is 107 Å². The van der Waals surface area contributed by atoms with Gasteiger partial charge in [-0.3, -0.25) is 14.4 Å². The van der Waals surface area contributed by atoms with E-state index in [1.807, 2.05) is 60.7 Å². The summed E-state index contributed by atoms with van der Waals surface area (Å²) < 4.78 is 0. The summed E-state index contributed by atoms with van der Waals surface area (Å²) in [6.07, 6.45) is 10.3. The van der Waals surface area contributed by atoms with Crippen LogP contribution in [0.4, 0.5) is 4.79 Å². The van der Waals surface area contributed by atoms with Gasteiger partial charge < -0.3 is 36.5 Å². The Kier molecular flexibility index (Phi) is 17.5. The molecule has 1 aliphatic carbocycles. The maximum atomic E-state index is 14.2. The highest BCUT2D eigenvalue weighted by Gasteiger charge is 2.33. The molecule has 0 radical (unpaired) electrons. The zero-order chi connectivity index (χ0) is 38.7. The van der Waals surface area contributed by atoms with Crippen LogP contribution in [0, 0.1) is 17.8 Å². The molecule has 294 valence electrons. The van der Waals surface area contributed by atoms with Gasteiger partial charge in [-0.05, 0) is 61.0 Å². The normalized spacial score (nSPS) is 16.1. The van der Waals surface area contributed by atoms with Crippen molar-refractivity contribution in [3.63, 3.8) is 0 Å². The number of benzene rings is 2. The molecule has 4 amide bonds. The number of carboxylic acid groups (broad SMARTS) is 1. The Morgan fingerprint density at radius 2 is 1.50 bits per heavy atom. The lowest BCUT2D eigenvalue weighted by molar-refractivity contribution is -0.131. The fourth-order valence-corrected chi connectivity index (χ4v) is 7.49. The van der Waals surface area contributed by atoms with Crippen molar-refractivity contribution in [2.75, 3.05) is 6.54 Å². The molecule has 54 heavy (non-hydrogen) atoms. The average Bonchev–Trinajstić information content (AvgIpc) is 3.68. The lowest BCUT2D eigenvalue weighted by atomic mass is 9.80. The van der Waals surface area contributed by atoms with Crippen LogP contribution >= 0.6 is 0 Å². The minimum Gasteiger partial charge on any atom is -0.465 e. The summed E-state index contributed by atoms with van der Waals surface area (Å²) in [6, 6.07) is 16.4. The van der Waals surface area contributed by atoms with E-state index in [1.54, 1.807) is 6.20 Å². The van der Waals surface area contributed by atoms with Crippen LogP contribution in [0.2, 0.25) is 0 Å². The largest absolute Gasteiger partial charge is 0.465 e. The summed E-state index contributed by atoms with van der Waals surface area (Å²) in [5.41, 5.74) is 2.56. The number of hydrogen-bond donors (Lipinski definition) is 7. The number of H-pyrrole nitrogens is 1. The Balaban J connectivity index is 1.42. The molecule has 1 fully saturated rings. The van der Waals surface area contributed by atoms with Gasteiger partial charge in [-0.25, -0.2) is 9.78 Å². The predicted octanol–water partition coefficient (Wildman–Crippen LogP) is 5.32. The number of aromatic nitrogens is 2. The highest BCUT2D eigenvalue weighted by atomic mass is 16.4. The van der Waals surface area contributed by atoms with Crippen molar-refractivity contribution in [1.82, 2.24) is 31.2 Å². The number of carbonyl (C=O) groups is 4. The van der Waals surface area contributed by atoms with E-state index in [4.69, 9.17) is 0 Å². The van der Waals surface area contributed by atoms with Crippen molar-refractivity contribution in [3.05, 3.63) is 90.0 Å². The molecule has 1 aromatic heterocycles. The summed E-state index contributed by atoms with van der Waals surface area (Å²) in [5, 5.41) is 32.6. The predicted molar refractivity (Wildman–Crippen MR) is 208 cm³/mol. The molecule has 4 rings (SSSR count). The Hall–Kier alpha value is -4.71. The van der Waals surface area contributed by atoms with Crippen LogP contribution in [0.3, 0.4) is 0 Å². The van der Waals surface area contributed by atoms with Crippen LogP contribution in [0.1, 0.15) is 94.9 Å². The second kappa shape index (κ2) is 22.5. The van der Waals surface area contributed by atoms with Crippen molar-refractivity contribution in [1.29, 1.82) is 0 Å². The first-order chi connectivity index (χ1) is 26.1. The second-order valence-corrected chi connectivity index (χ2v) is 15.2. The van der Waals surface area contributed by atoms with Gasteiger partial charge >= 0.3 is 6.09 Å². The summed E-state index contributed by atoms with van der Waals surface area (Å²) in [6.45, 7) is 4.83. The van der Waals surface area contributed by atoms with E-state index in [9.17, 15) is 29.4 Å². The number of rotatable bonds is 22. The number of aliphatic hydroxyl groups excluding tert-OH is 1. The monoisotopic (exact) mass is 744 g/mol. The van der Waals surface area contributed by atoms with Crippen LogP contribution in [0.25, 0.3) is 0 Å². The first kappa shape index (κ1) is 42.0. The van der Waals surface area contributed by atoms with E-state index in [0.29, 0.717) is 43.8 Å². The standard InChI is InChI=1S/C42H60N6O6/c1-29(2)33(19-12-20-39(50)44-22-21-30-13-6-3-7-14-30)25-38(49)35(23-31-15-8-4-9-16-31)46-41(52)37(26-34-27-43-28-45-34)47-40(51)36(48-42(53)54)24-32-17-10-5-11-18-32/h3,5-7,10-11,13-14,17-18,27-29,31,33,35-38,48-49H,4,8-9,12,15-16,19-26H2,1-2H3,(H,43,45)(H,44,50)(H,46,52)(H,47,51)(H,53,54)/t33-,35-,36-,37-,38+/m0/s1. The fraction of sp³-hybridized carbons (Fsp3) is 0.548. The van der Waals surface area contributed by atoms with Gasteiger partial charge in [0.05, 0.1) is 18.5 Å². The van der Waals surface area contributed by atoms with Crippen LogP contribution in [-0.4, -0.2) is 74.8 Å². The van der Waals surface area contributed by atoms with Gasteiger partial charge in [0.25, 0.3) is 0 Å². The summed E-state index contributed by atoms with van der Waals surface area (Å²) in [7, 11) is 0. The molecule has 12 nitrogen and oxygen atoms in total. The van der Waals surface area contributed by atoms with Crippen molar-refractivity contribution in [3.8, 4) is 0 Å².